The fourth-order valence-electron chi connectivity index (χ4n) is 4.14. The first kappa shape index (κ1) is 22.7. The molecule has 1 aromatic carbocycles. The van der Waals surface area contributed by atoms with Crippen LogP contribution in [-0.4, -0.2) is 96.9 Å². The fraction of sp³-hybridized carbons (Fsp3) is 0.652. The van der Waals surface area contributed by atoms with Crippen LogP contribution in [0.4, 0.5) is 9.18 Å². The van der Waals surface area contributed by atoms with E-state index in [1.165, 1.54) is 12.1 Å². The van der Waals surface area contributed by atoms with Crippen LogP contribution in [0.1, 0.15) is 43.0 Å². The average Bonchev–Trinajstić information content (AvgIpc) is 3.11. The first-order chi connectivity index (χ1) is 14.6. The zero-order valence-electron chi connectivity index (χ0n) is 18.2. The fourth-order valence-corrected chi connectivity index (χ4v) is 4.14. The maximum absolute atomic E-state index is 13.0. The number of carbonyl (C=O) groups is 2. The van der Waals surface area contributed by atoms with E-state index in [1.54, 1.807) is 12.1 Å². The summed E-state index contributed by atoms with van der Waals surface area (Å²) < 4.78 is 13.0. The molecule has 3 rings (SSSR count). The molecule has 0 aromatic heterocycles. The number of amides is 2. The summed E-state index contributed by atoms with van der Waals surface area (Å²) in [5.74, 6) is -0.232. The number of Topliss-reactive ketones (excluding diaryl/α,β-unsaturated/α-hetero) is 1. The van der Waals surface area contributed by atoms with E-state index < -0.39 is 0 Å². The van der Waals surface area contributed by atoms with E-state index in [2.05, 4.69) is 16.7 Å². The van der Waals surface area contributed by atoms with Gasteiger partial charge >= 0.3 is 6.03 Å². The van der Waals surface area contributed by atoms with Crippen molar-refractivity contribution in [2.45, 2.75) is 32.6 Å². The highest BCUT2D eigenvalue weighted by Crippen LogP contribution is 2.12. The zero-order chi connectivity index (χ0) is 21.3. The van der Waals surface area contributed by atoms with E-state index in [0.29, 0.717) is 12.0 Å². The molecule has 0 radical (unpaired) electrons. The van der Waals surface area contributed by atoms with Crippen LogP contribution in [0.25, 0.3) is 0 Å². The predicted molar refractivity (Wildman–Crippen MR) is 116 cm³/mol. The first-order valence-corrected chi connectivity index (χ1v) is 11.3. The highest BCUT2D eigenvalue weighted by atomic mass is 19.1. The number of hydrogen-bond donors (Lipinski definition) is 0. The molecule has 6 nitrogen and oxygen atoms in total. The van der Waals surface area contributed by atoms with Gasteiger partial charge in [-0.2, -0.15) is 0 Å². The minimum Gasteiger partial charge on any atom is -0.323 e. The van der Waals surface area contributed by atoms with Crippen molar-refractivity contribution < 1.29 is 14.0 Å². The second-order valence-electron chi connectivity index (χ2n) is 8.33. The summed E-state index contributed by atoms with van der Waals surface area (Å²) in [4.78, 5) is 33.4. The predicted octanol–water partition coefficient (Wildman–Crippen LogP) is 2.94. The molecule has 0 spiro atoms. The number of unbranched alkanes of at least 4 members (excludes halogenated alkanes) is 1. The van der Waals surface area contributed by atoms with Crippen molar-refractivity contribution in [3.63, 3.8) is 0 Å². The molecule has 2 saturated heterocycles. The number of halogens is 1. The summed E-state index contributed by atoms with van der Waals surface area (Å²) in [6.07, 6.45) is 3.52. The van der Waals surface area contributed by atoms with Gasteiger partial charge in [0.2, 0.25) is 0 Å². The minimum absolute atomic E-state index is 0.0805. The van der Waals surface area contributed by atoms with Crippen molar-refractivity contribution in [1.82, 2.24) is 19.6 Å². The number of nitrogens with zero attached hydrogens (tertiary/aromatic N) is 4. The highest BCUT2D eigenvalue weighted by molar-refractivity contribution is 5.95. The lowest BCUT2D eigenvalue weighted by atomic mass is 10.1. The van der Waals surface area contributed by atoms with Crippen molar-refractivity contribution in [3.8, 4) is 0 Å². The van der Waals surface area contributed by atoms with Crippen molar-refractivity contribution in [3.05, 3.63) is 35.6 Å². The second kappa shape index (κ2) is 11.4. The summed E-state index contributed by atoms with van der Waals surface area (Å²) in [5.41, 5.74) is 0.589. The summed E-state index contributed by atoms with van der Waals surface area (Å²) >= 11 is 0. The van der Waals surface area contributed by atoms with Gasteiger partial charge < -0.3 is 14.7 Å². The van der Waals surface area contributed by atoms with Crippen LogP contribution >= 0.6 is 0 Å². The molecule has 30 heavy (non-hydrogen) atoms. The number of benzene rings is 1. The number of rotatable bonds is 11. The van der Waals surface area contributed by atoms with E-state index in [9.17, 15) is 14.0 Å². The number of ketones is 1. The van der Waals surface area contributed by atoms with E-state index in [4.69, 9.17) is 0 Å². The molecule has 2 heterocycles. The molecule has 0 N–H and O–H groups in total. The Morgan fingerprint density at radius 2 is 1.43 bits per heavy atom. The minimum atomic E-state index is -0.313. The molecule has 0 saturated carbocycles. The van der Waals surface area contributed by atoms with Gasteiger partial charge in [0.05, 0.1) is 0 Å². The Balaban J connectivity index is 1.28. The molecular weight excluding hydrogens is 383 g/mol. The van der Waals surface area contributed by atoms with Gasteiger partial charge in [-0.3, -0.25) is 9.69 Å². The maximum Gasteiger partial charge on any atom is 0.320 e. The van der Waals surface area contributed by atoms with Crippen LogP contribution in [0.2, 0.25) is 0 Å². The number of piperazine rings is 1. The molecule has 1 aromatic rings. The third-order valence-electron chi connectivity index (χ3n) is 6.16. The quantitative estimate of drug-likeness (QED) is 0.519. The molecule has 2 aliphatic heterocycles. The number of urea groups is 1. The number of carbonyl (C=O) groups excluding carboxylic acids is 2. The first-order valence-electron chi connectivity index (χ1n) is 11.3. The average molecular weight is 419 g/mol. The van der Waals surface area contributed by atoms with E-state index in [0.717, 1.165) is 84.7 Å². The van der Waals surface area contributed by atoms with Gasteiger partial charge in [-0.25, -0.2) is 9.18 Å². The van der Waals surface area contributed by atoms with E-state index in [-0.39, 0.29) is 17.6 Å². The standard InChI is InChI=1S/C23H35FN4O2/c1-2-3-11-27-18-19-28(23(27)30)17-16-26-14-12-25(13-15-26)10-4-5-22(29)20-6-8-21(24)9-7-20/h6-9H,2-5,10-19H2,1H3. The molecule has 0 unspecified atom stereocenters. The van der Waals surface area contributed by atoms with Crippen molar-refractivity contribution >= 4 is 11.8 Å². The van der Waals surface area contributed by atoms with Gasteiger partial charge in [0.25, 0.3) is 0 Å². The highest BCUT2D eigenvalue weighted by Gasteiger charge is 2.28. The Bertz CT molecular complexity index is 689. The van der Waals surface area contributed by atoms with E-state index >= 15 is 0 Å². The lowest BCUT2D eigenvalue weighted by molar-refractivity contribution is 0.0958. The van der Waals surface area contributed by atoms with Gasteiger partial charge in [0.1, 0.15) is 5.82 Å². The van der Waals surface area contributed by atoms with Crippen molar-refractivity contribution in [1.29, 1.82) is 0 Å². The zero-order valence-corrected chi connectivity index (χ0v) is 18.2. The third kappa shape index (κ3) is 6.51. The molecule has 7 heteroatoms. The van der Waals surface area contributed by atoms with Crippen LogP contribution in [0.15, 0.2) is 24.3 Å². The van der Waals surface area contributed by atoms with Crippen LogP contribution < -0.4 is 0 Å². The van der Waals surface area contributed by atoms with Gasteiger partial charge in [-0.1, -0.05) is 13.3 Å². The van der Waals surface area contributed by atoms with Gasteiger partial charge in [0.15, 0.2) is 5.78 Å². The summed E-state index contributed by atoms with van der Waals surface area (Å²) in [6, 6.07) is 6.00. The van der Waals surface area contributed by atoms with Crippen LogP contribution in [0, 0.1) is 5.82 Å². The lowest BCUT2D eigenvalue weighted by Gasteiger charge is -2.35. The van der Waals surface area contributed by atoms with Gasteiger partial charge in [-0.15, -0.1) is 0 Å². The number of hydrogen-bond acceptors (Lipinski definition) is 4. The molecule has 0 atom stereocenters. The molecule has 2 amide bonds. The van der Waals surface area contributed by atoms with Gasteiger partial charge in [-0.05, 0) is 43.7 Å². The van der Waals surface area contributed by atoms with Crippen molar-refractivity contribution in [2.24, 2.45) is 0 Å². The Hall–Kier alpha value is -1.99. The summed E-state index contributed by atoms with van der Waals surface area (Å²) in [6.45, 7) is 11.4. The molecule has 0 aliphatic carbocycles. The smallest absolute Gasteiger partial charge is 0.320 e. The topological polar surface area (TPSA) is 47.1 Å². The lowest BCUT2D eigenvalue weighted by Crippen LogP contribution is -2.48. The van der Waals surface area contributed by atoms with Crippen LogP contribution in [0.5, 0.6) is 0 Å². The van der Waals surface area contributed by atoms with E-state index in [1.807, 2.05) is 9.80 Å². The maximum atomic E-state index is 13.0. The normalized spacial score (nSPS) is 18.4. The van der Waals surface area contributed by atoms with Crippen molar-refractivity contribution in [2.75, 3.05) is 65.4 Å². The second-order valence-corrected chi connectivity index (χ2v) is 8.33. The Labute approximate surface area is 179 Å². The SMILES string of the molecule is CCCCN1CCN(CCN2CCN(CCCC(=O)c3ccc(F)cc3)CC2)C1=O. The summed E-state index contributed by atoms with van der Waals surface area (Å²) in [7, 11) is 0. The molecule has 0 bridgehead atoms. The largest absolute Gasteiger partial charge is 0.323 e. The van der Waals surface area contributed by atoms with Crippen LogP contribution in [0.3, 0.4) is 0 Å². The molecular formula is C23H35FN4O2. The Kier molecular flexibility index (Phi) is 8.63. The summed E-state index contributed by atoms with van der Waals surface area (Å²) in [5, 5.41) is 0. The van der Waals surface area contributed by atoms with Crippen LogP contribution in [-0.2, 0) is 0 Å². The Morgan fingerprint density at radius 1 is 0.833 bits per heavy atom. The Morgan fingerprint density at radius 3 is 2.07 bits per heavy atom. The van der Waals surface area contributed by atoms with Gasteiger partial charge in [0, 0.05) is 70.9 Å². The molecule has 2 fully saturated rings. The molecule has 166 valence electrons. The molecule has 2 aliphatic rings. The third-order valence-corrected chi connectivity index (χ3v) is 6.16. The monoisotopic (exact) mass is 418 g/mol.